The van der Waals surface area contributed by atoms with Gasteiger partial charge in [-0.2, -0.15) is 0 Å². The van der Waals surface area contributed by atoms with Crippen LogP contribution in [0, 0.1) is 5.82 Å². The first-order valence-electron chi connectivity index (χ1n) is 6.11. The lowest BCUT2D eigenvalue weighted by Gasteiger charge is -2.19. The number of halogens is 1. The van der Waals surface area contributed by atoms with Gasteiger partial charge in [0.1, 0.15) is 11.4 Å². The lowest BCUT2D eigenvalue weighted by atomic mass is 10.2. The number of aromatic nitrogens is 1. The zero-order valence-corrected chi connectivity index (χ0v) is 11.6. The molecule has 0 bridgehead atoms. The first-order valence-corrected chi connectivity index (χ1v) is 6.11. The van der Waals surface area contributed by atoms with Crippen LogP contribution in [0.3, 0.4) is 0 Å². The number of hydrogen-bond acceptors (Lipinski definition) is 4. The van der Waals surface area contributed by atoms with Crippen molar-refractivity contribution in [1.29, 1.82) is 0 Å². The predicted octanol–water partition coefficient (Wildman–Crippen LogP) is 1.78. The highest BCUT2D eigenvalue weighted by atomic mass is 19.1. The molecule has 112 valence electrons. The van der Waals surface area contributed by atoms with Crippen LogP contribution in [0.5, 0.6) is 11.6 Å². The molecule has 1 amide bonds. The molecule has 0 aliphatic heterocycles. The minimum absolute atomic E-state index is 0.0741. The van der Waals surface area contributed by atoms with Gasteiger partial charge in [-0.25, -0.2) is 9.45 Å². The highest BCUT2D eigenvalue weighted by molar-refractivity contribution is 5.97. The van der Waals surface area contributed by atoms with Crippen LogP contribution in [0.25, 0.3) is 0 Å². The van der Waals surface area contributed by atoms with Crippen LogP contribution in [-0.2, 0) is 18.4 Å². The third-order valence-corrected chi connectivity index (χ3v) is 3.04. The molecule has 0 aliphatic carbocycles. The Hall–Kier alpha value is -2.54. The first kappa shape index (κ1) is 14.9. The second-order valence-corrected chi connectivity index (χ2v) is 4.48. The molecule has 2 N–H and O–H groups in total. The van der Waals surface area contributed by atoms with Crippen LogP contribution in [0.1, 0.15) is 15.9 Å². The molecule has 1 aromatic heterocycles. The van der Waals surface area contributed by atoms with Gasteiger partial charge in [0.25, 0.3) is 5.91 Å². The van der Waals surface area contributed by atoms with Gasteiger partial charge in [-0.15, -0.1) is 0 Å². The molecule has 0 radical (unpaired) electrons. The highest BCUT2D eigenvalue weighted by Gasteiger charge is 2.24. The molecule has 0 spiro atoms. The van der Waals surface area contributed by atoms with E-state index < -0.39 is 17.5 Å². The van der Waals surface area contributed by atoms with E-state index in [0.29, 0.717) is 5.56 Å². The van der Waals surface area contributed by atoms with Gasteiger partial charge in [-0.3, -0.25) is 9.63 Å². The average Bonchev–Trinajstić information content (AvgIpc) is 2.73. The van der Waals surface area contributed by atoms with Crippen LogP contribution in [0.2, 0.25) is 0 Å². The Balaban J connectivity index is 2.22. The van der Waals surface area contributed by atoms with Crippen molar-refractivity contribution in [2.45, 2.75) is 6.54 Å². The molecule has 0 aliphatic rings. The van der Waals surface area contributed by atoms with Gasteiger partial charge < -0.3 is 14.8 Å². The number of benzene rings is 1. The molecule has 1 heterocycles. The molecule has 0 saturated heterocycles. The Kier molecular flexibility index (Phi) is 4.13. The van der Waals surface area contributed by atoms with Crippen LogP contribution < -0.4 is 0 Å². The number of rotatable bonds is 4. The van der Waals surface area contributed by atoms with Crippen molar-refractivity contribution in [3.8, 4) is 11.6 Å². The van der Waals surface area contributed by atoms with Crippen LogP contribution in [-0.4, -0.2) is 32.9 Å². The summed E-state index contributed by atoms with van der Waals surface area (Å²) in [6.07, 6.45) is 1.30. The first-order chi connectivity index (χ1) is 9.93. The number of hydrogen-bond donors (Lipinski definition) is 2. The second-order valence-electron chi connectivity index (χ2n) is 4.48. The van der Waals surface area contributed by atoms with Gasteiger partial charge in [-0.1, -0.05) is 12.1 Å². The molecule has 0 fully saturated rings. The average molecular weight is 294 g/mol. The normalized spacial score (nSPS) is 10.6. The van der Waals surface area contributed by atoms with E-state index in [-0.39, 0.29) is 17.9 Å². The Labute approximate surface area is 120 Å². The third-order valence-electron chi connectivity index (χ3n) is 3.04. The summed E-state index contributed by atoms with van der Waals surface area (Å²) in [4.78, 5) is 17.3. The van der Waals surface area contributed by atoms with Gasteiger partial charge in [0.15, 0.2) is 5.75 Å². The van der Waals surface area contributed by atoms with E-state index in [9.17, 15) is 19.4 Å². The van der Waals surface area contributed by atoms with Crippen molar-refractivity contribution in [2.75, 3.05) is 7.11 Å². The molecule has 2 rings (SSSR count). The molecule has 21 heavy (non-hydrogen) atoms. The number of aryl methyl sites for hydroxylation is 1. The Morgan fingerprint density at radius 3 is 2.43 bits per heavy atom. The maximum atomic E-state index is 12.9. The van der Waals surface area contributed by atoms with Crippen molar-refractivity contribution in [1.82, 2.24) is 9.63 Å². The molecule has 1 aromatic carbocycles. The molecular formula is C14H15FN2O4. The summed E-state index contributed by atoms with van der Waals surface area (Å²) in [7, 11) is 2.80. The van der Waals surface area contributed by atoms with Gasteiger partial charge in [0.05, 0.1) is 13.7 Å². The Bertz CT molecular complexity index is 652. The summed E-state index contributed by atoms with van der Waals surface area (Å²) in [6.45, 7) is 0.0741. The SMILES string of the molecule is CON(Cc1ccc(F)cc1)C(=O)c1cn(C)c(O)c1O. The summed E-state index contributed by atoms with van der Waals surface area (Å²) in [6, 6.07) is 5.60. The minimum atomic E-state index is -0.616. The summed E-state index contributed by atoms with van der Waals surface area (Å²) in [5.41, 5.74) is 0.574. The molecule has 0 atom stereocenters. The fourth-order valence-electron chi connectivity index (χ4n) is 1.87. The predicted molar refractivity (Wildman–Crippen MR) is 72.0 cm³/mol. The molecular weight excluding hydrogens is 279 g/mol. The van der Waals surface area contributed by atoms with Crippen LogP contribution in [0.4, 0.5) is 4.39 Å². The lowest BCUT2D eigenvalue weighted by Crippen LogP contribution is -2.29. The smallest absolute Gasteiger partial charge is 0.283 e. The van der Waals surface area contributed by atoms with Crippen molar-refractivity contribution in [3.63, 3.8) is 0 Å². The van der Waals surface area contributed by atoms with Gasteiger partial charge in [0, 0.05) is 13.2 Å². The maximum absolute atomic E-state index is 12.9. The van der Waals surface area contributed by atoms with Gasteiger partial charge in [-0.05, 0) is 17.7 Å². The lowest BCUT2D eigenvalue weighted by molar-refractivity contribution is -0.102. The van der Waals surface area contributed by atoms with Crippen molar-refractivity contribution >= 4 is 5.91 Å². The molecule has 2 aromatic rings. The van der Waals surface area contributed by atoms with Crippen molar-refractivity contribution in [3.05, 3.63) is 47.4 Å². The van der Waals surface area contributed by atoms with E-state index in [1.54, 1.807) is 0 Å². The molecule has 6 nitrogen and oxygen atoms in total. The fraction of sp³-hybridized carbons (Fsp3) is 0.214. The van der Waals surface area contributed by atoms with Crippen molar-refractivity contribution in [2.24, 2.45) is 7.05 Å². The number of amides is 1. The number of carbonyl (C=O) groups excluding carboxylic acids is 1. The quantitative estimate of drug-likeness (QED) is 0.843. The summed E-state index contributed by atoms with van der Waals surface area (Å²) in [5, 5.41) is 20.2. The minimum Gasteiger partial charge on any atom is -0.503 e. The second kappa shape index (κ2) is 5.84. The van der Waals surface area contributed by atoms with E-state index in [2.05, 4.69) is 0 Å². The number of carbonyl (C=O) groups is 1. The van der Waals surface area contributed by atoms with Crippen molar-refractivity contribution < 1.29 is 24.2 Å². The summed E-state index contributed by atoms with van der Waals surface area (Å²) in [5.74, 6) is -1.91. The standard InChI is InChI=1S/C14H15FN2O4/c1-16-8-11(12(18)14(16)20)13(19)17(21-2)7-9-3-5-10(15)6-4-9/h3-6,8,18,20H,7H2,1-2H3. The molecule has 7 heteroatoms. The summed E-state index contributed by atoms with van der Waals surface area (Å²) < 4.78 is 14.1. The Morgan fingerprint density at radius 1 is 1.33 bits per heavy atom. The van der Waals surface area contributed by atoms with Crippen LogP contribution >= 0.6 is 0 Å². The van der Waals surface area contributed by atoms with E-state index in [4.69, 9.17) is 4.84 Å². The van der Waals surface area contributed by atoms with Crippen LogP contribution in [0.15, 0.2) is 30.5 Å². The fourth-order valence-corrected chi connectivity index (χ4v) is 1.87. The Morgan fingerprint density at radius 2 is 1.95 bits per heavy atom. The van der Waals surface area contributed by atoms with Gasteiger partial charge >= 0.3 is 0 Å². The monoisotopic (exact) mass is 294 g/mol. The topological polar surface area (TPSA) is 74.9 Å². The summed E-state index contributed by atoms with van der Waals surface area (Å²) >= 11 is 0. The number of aromatic hydroxyl groups is 2. The largest absolute Gasteiger partial charge is 0.503 e. The number of hydroxylamine groups is 2. The van der Waals surface area contributed by atoms with E-state index in [1.165, 1.54) is 49.2 Å². The molecule has 0 saturated carbocycles. The third kappa shape index (κ3) is 2.97. The van der Waals surface area contributed by atoms with Gasteiger partial charge in [0.2, 0.25) is 5.88 Å². The van der Waals surface area contributed by atoms with E-state index in [0.717, 1.165) is 5.06 Å². The number of nitrogens with zero attached hydrogens (tertiary/aromatic N) is 2. The van der Waals surface area contributed by atoms with E-state index in [1.807, 2.05) is 0 Å². The zero-order chi connectivity index (χ0) is 15.6. The molecule has 0 unspecified atom stereocenters. The zero-order valence-electron chi connectivity index (χ0n) is 11.6. The van der Waals surface area contributed by atoms with E-state index >= 15 is 0 Å². The highest BCUT2D eigenvalue weighted by Crippen LogP contribution is 2.31. The maximum Gasteiger partial charge on any atom is 0.283 e.